The van der Waals surface area contributed by atoms with E-state index in [9.17, 15) is 9.59 Å². The van der Waals surface area contributed by atoms with Crippen molar-refractivity contribution in [1.29, 1.82) is 5.26 Å². The van der Waals surface area contributed by atoms with Gasteiger partial charge in [0.1, 0.15) is 6.07 Å². The normalized spacial score (nSPS) is 14.5. The van der Waals surface area contributed by atoms with Crippen molar-refractivity contribution >= 4 is 23.6 Å². The van der Waals surface area contributed by atoms with Gasteiger partial charge in [0.2, 0.25) is 0 Å². The molecule has 1 aromatic heterocycles. The summed E-state index contributed by atoms with van der Waals surface area (Å²) in [4.78, 5) is 24.4. The van der Waals surface area contributed by atoms with Gasteiger partial charge in [0, 0.05) is 23.5 Å². The summed E-state index contributed by atoms with van der Waals surface area (Å²) >= 11 is 0. The summed E-state index contributed by atoms with van der Waals surface area (Å²) in [5.41, 5.74) is 4.02. The van der Waals surface area contributed by atoms with Crippen LogP contribution >= 0.6 is 0 Å². The number of nitrogens with zero attached hydrogens (tertiary/aromatic N) is 2. The summed E-state index contributed by atoms with van der Waals surface area (Å²) in [6.07, 6.45) is 4.47. The first-order valence-corrected chi connectivity index (χ1v) is 9.28. The molecule has 1 fully saturated rings. The van der Waals surface area contributed by atoms with Gasteiger partial charge in [0.25, 0.3) is 5.91 Å². The lowest BCUT2D eigenvalue weighted by Crippen LogP contribution is -2.29. The number of carbonyl (C=O) groups is 2. The Morgan fingerprint density at radius 1 is 1.32 bits per heavy atom. The summed E-state index contributed by atoms with van der Waals surface area (Å²) in [7, 11) is 0. The van der Waals surface area contributed by atoms with Gasteiger partial charge in [0.05, 0.1) is 11.3 Å². The molecule has 28 heavy (non-hydrogen) atoms. The molecule has 0 spiro atoms. The number of amides is 1. The first-order chi connectivity index (χ1) is 13.4. The van der Waals surface area contributed by atoms with Gasteiger partial charge in [-0.15, -0.1) is 0 Å². The number of anilines is 1. The Morgan fingerprint density at radius 3 is 2.71 bits per heavy atom. The molecule has 1 amide bonds. The average molecular weight is 377 g/mol. The summed E-state index contributed by atoms with van der Waals surface area (Å²) in [5.74, 6) is -1.08. The number of nitriles is 1. The molecule has 0 radical (unpaired) electrons. The number of nitrogens with one attached hydrogen (secondary N) is 1. The number of hydrogen-bond acceptors (Lipinski definition) is 4. The number of ether oxygens (including phenoxy) is 1. The van der Waals surface area contributed by atoms with Crippen molar-refractivity contribution in [2.75, 3.05) is 5.32 Å². The van der Waals surface area contributed by atoms with Crippen LogP contribution in [0.1, 0.15) is 48.3 Å². The smallest absolute Gasteiger partial charge is 0.331 e. The van der Waals surface area contributed by atoms with Crippen LogP contribution in [0.4, 0.5) is 5.69 Å². The van der Waals surface area contributed by atoms with Gasteiger partial charge in [-0.25, -0.2) is 4.79 Å². The zero-order valence-corrected chi connectivity index (χ0v) is 16.2. The topological polar surface area (TPSA) is 84.1 Å². The van der Waals surface area contributed by atoms with Crippen LogP contribution in [0, 0.1) is 25.2 Å². The Balaban J connectivity index is 1.60. The van der Waals surface area contributed by atoms with Crippen molar-refractivity contribution in [2.45, 2.75) is 45.8 Å². The van der Waals surface area contributed by atoms with Crippen LogP contribution in [-0.4, -0.2) is 22.5 Å². The molecule has 144 valence electrons. The lowest BCUT2D eigenvalue weighted by atomic mass is 10.2. The molecule has 1 aromatic carbocycles. The maximum atomic E-state index is 12.2. The largest absolute Gasteiger partial charge is 0.449 e. The molecule has 0 unspecified atom stereocenters. The van der Waals surface area contributed by atoms with E-state index >= 15 is 0 Å². The van der Waals surface area contributed by atoms with Crippen LogP contribution in [0.5, 0.6) is 0 Å². The van der Waals surface area contributed by atoms with Gasteiger partial charge < -0.3 is 14.6 Å². The average Bonchev–Trinajstić information content (AvgIpc) is 3.46. The number of esters is 1. The summed E-state index contributed by atoms with van der Waals surface area (Å²) < 4.78 is 7.49. The van der Waals surface area contributed by atoms with E-state index in [4.69, 9.17) is 10.00 Å². The molecule has 3 rings (SSSR count). The first kappa shape index (κ1) is 19.4. The minimum absolute atomic E-state index is 0.347. The number of rotatable bonds is 6. The summed E-state index contributed by atoms with van der Waals surface area (Å²) in [6.45, 7) is 5.60. The van der Waals surface area contributed by atoms with E-state index in [1.165, 1.54) is 31.5 Å². The van der Waals surface area contributed by atoms with E-state index in [0.29, 0.717) is 17.3 Å². The fraction of sp³-hybridized carbons (Fsp3) is 0.318. The second kappa shape index (κ2) is 8.13. The van der Waals surface area contributed by atoms with E-state index in [-0.39, 0.29) is 0 Å². The third kappa shape index (κ3) is 4.32. The van der Waals surface area contributed by atoms with Crippen molar-refractivity contribution in [2.24, 2.45) is 0 Å². The van der Waals surface area contributed by atoms with Crippen LogP contribution in [-0.2, 0) is 14.3 Å². The fourth-order valence-electron chi connectivity index (χ4n) is 3.21. The maximum absolute atomic E-state index is 12.2. The highest BCUT2D eigenvalue weighted by molar-refractivity contribution is 5.97. The number of para-hydroxylation sites is 1. The fourth-order valence-corrected chi connectivity index (χ4v) is 3.21. The molecule has 1 atom stereocenters. The van der Waals surface area contributed by atoms with Crippen LogP contribution in [0.3, 0.4) is 0 Å². The first-order valence-electron chi connectivity index (χ1n) is 9.28. The highest BCUT2D eigenvalue weighted by Crippen LogP contribution is 2.38. The standard InChI is InChI=1S/C22H23N3O3/c1-14-12-17(15(2)25(14)19-9-10-19)8-11-21(26)28-16(3)22(27)24-20-7-5-4-6-18(20)13-23/h4-8,11-12,16,19H,9-10H2,1-3H3,(H,24,27)/b11-8+/t16-/m1/s1. The SMILES string of the molecule is Cc1cc(/C=C/C(=O)O[C@H](C)C(=O)Nc2ccccc2C#N)c(C)n1C1CC1. The van der Waals surface area contributed by atoms with Gasteiger partial charge in [-0.3, -0.25) is 4.79 Å². The minimum Gasteiger partial charge on any atom is -0.449 e. The highest BCUT2D eigenvalue weighted by Gasteiger charge is 2.26. The van der Waals surface area contributed by atoms with Crippen LogP contribution in [0.25, 0.3) is 6.08 Å². The molecule has 1 N–H and O–H groups in total. The molecule has 1 aliphatic carbocycles. The Morgan fingerprint density at radius 2 is 2.04 bits per heavy atom. The molecule has 6 nitrogen and oxygen atoms in total. The Kier molecular flexibility index (Phi) is 5.65. The molecule has 1 heterocycles. The number of benzene rings is 1. The van der Waals surface area contributed by atoms with Gasteiger partial charge in [-0.1, -0.05) is 12.1 Å². The van der Waals surface area contributed by atoms with Crippen molar-refractivity contribution in [3.63, 3.8) is 0 Å². The van der Waals surface area contributed by atoms with Crippen LogP contribution in [0.2, 0.25) is 0 Å². The van der Waals surface area contributed by atoms with E-state index in [1.54, 1.807) is 30.3 Å². The van der Waals surface area contributed by atoms with Crippen molar-refractivity contribution in [1.82, 2.24) is 4.57 Å². The van der Waals surface area contributed by atoms with Gasteiger partial charge in [-0.05, 0) is 63.5 Å². The molecule has 0 saturated heterocycles. The van der Waals surface area contributed by atoms with E-state index in [1.807, 2.05) is 19.1 Å². The second-order valence-corrected chi connectivity index (χ2v) is 6.99. The Labute approximate surface area is 164 Å². The minimum atomic E-state index is -0.984. The summed E-state index contributed by atoms with van der Waals surface area (Å²) in [5, 5.41) is 11.7. The maximum Gasteiger partial charge on any atom is 0.331 e. The zero-order chi connectivity index (χ0) is 20.3. The molecular formula is C22H23N3O3. The van der Waals surface area contributed by atoms with Crippen molar-refractivity contribution in [3.8, 4) is 6.07 Å². The predicted molar refractivity (Wildman–Crippen MR) is 107 cm³/mol. The number of hydrogen-bond donors (Lipinski definition) is 1. The highest BCUT2D eigenvalue weighted by atomic mass is 16.5. The molecule has 0 bridgehead atoms. The Bertz CT molecular complexity index is 977. The molecule has 6 heteroatoms. The van der Waals surface area contributed by atoms with Gasteiger partial charge >= 0.3 is 5.97 Å². The van der Waals surface area contributed by atoms with E-state index < -0.39 is 18.0 Å². The van der Waals surface area contributed by atoms with E-state index in [2.05, 4.69) is 16.8 Å². The molecule has 2 aromatic rings. The quantitative estimate of drug-likeness (QED) is 0.611. The van der Waals surface area contributed by atoms with Crippen molar-refractivity contribution in [3.05, 3.63) is 58.9 Å². The van der Waals surface area contributed by atoms with Crippen molar-refractivity contribution < 1.29 is 14.3 Å². The van der Waals surface area contributed by atoms with Crippen LogP contribution in [0.15, 0.2) is 36.4 Å². The lowest BCUT2D eigenvalue weighted by Gasteiger charge is -2.13. The molecule has 0 aliphatic heterocycles. The number of aromatic nitrogens is 1. The third-order valence-electron chi connectivity index (χ3n) is 4.80. The van der Waals surface area contributed by atoms with Gasteiger partial charge in [-0.2, -0.15) is 5.26 Å². The predicted octanol–water partition coefficient (Wildman–Crippen LogP) is 3.90. The summed E-state index contributed by atoms with van der Waals surface area (Å²) in [6, 6.07) is 11.3. The zero-order valence-electron chi connectivity index (χ0n) is 16.2. The second-order valence-electron chi connectivity index (χ2n) is 6.99. The molecular weight excluding hydrogens is 354 g/mol. The molecule has 1 aliphatic rings. The molecule has 1 saturated carbocycles. The number of aryl methyl sites for hydroxylation is 1. The lowest BCUT2D eigenvalue weighted by molar-refractivity contribution is -0.148. The Hall–Kier alpha value is -3.33. The number of carbonyl (C=O) groups excluding carboxylic acids is 2. The van der Waals surface area contributed by atoms with Gasteiger partial charge in [0.15, 0.2) is 6.10 Å². The van der Waals surface area contributed by atoms with Crippen LogP contribution < -0.4 is 5.32 Å². The van der Waals surface area contributed by atoms with E-state index in [0.717, 1.165) is 11.3 Å². The monoisotopic (exact) mass is 377 g/mol. The third-order valence-corrected chi connectivity index (χ3v) is 4.80.